The van der Waals surface area contributed by atoms with Crippen molar-refractivity contribution < 1.29 is 9.26 Å². The van der Waals surface area contributed by atoms with Crippen LogP contribution in [0.4, 0.5) is 0 Å². The van der Waals surface area contributed by atoms with Crippen LogP contribution in [0.1, 0.15) is 41.4 Å². The lowest BCUT2D eigenvalue weighted by atomic mass is 10.1. The molecule has 0 bridgehead atoms. The number of hydrogen-bond donors (Lipinski definition) is 0. The highest BCUT2D eigenvalue weighted by atomic mass is 32.1. The molecular weight excluding hydrogens is 324 g/mol. The molecule has 4 rings (SSSR count). The first-order valence-corrected chi connectivity index (χ1v) is 9.54. The van der Waals surface area contributed by atoms with Crippen LogP contribution < -0.4 is 0 Å². The Morgan fingerprint density at radius 2 is 2.21 bits per heavy atom. The molecule has 1 aliphatic carbocycles. The summed E-state index contributed by atoms with van der Waals surface area (Å²) in [5, 5.41) is 6.27. The molecule has 7 heteroatoms. The fraction of sp³-hybridized carbons (Fsp3) is 0.647. The molecule has 24 heavy (non-hydrogen) atoms. The molecule has 0 radical (unpaired) electrons. The molecule has 1 atom stereocenters. The van der Waals surface area contributed by atoms with Crippen LogP contribution >= 0.6 is 11.3 Å². The Kier molecular flexibility index (Phi) is 4.93. The van der Waals surface area contributed by atoms with Crippen LogP contribution in [0.25, 0.3) is 0 Å². The number of morpholine rings is 1. The van der Waals surface area contributed by atoms with Crippen molar-refractivity contribution in [3.63, 3.8) is 0 Å². The number of likely N-dealkylation sites (N-methyl/N-ethyl adjacent to an activating group) is 1. The summed E-state index contributed by atoms with van der Waals surface area (Å²) in [6.45, 7) is 5.26. The van der Waals surface area contributed by atoms with Crippen molar-refractivity contribution in [3.05, 3.63) is 34.1 Å². The Morgan fingerprint density at radius 3 is 2.92 bits per heavy atom. The van der Waals surface area contributed by atoms with Crippen molar-refractivity contribution >= 4 is 11.3 Å². The van der Waals surface area contributed by atoms with Crippen LogP contribution in [0.5, 0.6) is 0 Å². The van der Waals surface area contributed by atoms with Crippen molar-refractivity contribution in [2.75, 3.05) is 39.9 Å². The number of nitrogens with zero attached hydrogens (tertiary/aromatic N) is 4. The van der Waals surface area contributed by atoms with Crippen molar-refractivity contribution in [2.45, 2.75) is 31.3 Å². The average molecular weight is 348 g/mol. The van der Waals surface area contributed by atoms with E-state index in [1.54, 1.807) is 0 Å². The third kappa shape index (κ3) is 3.85. The Balaban J connectivity index is 1.40. The molecule has 0 amide bonds. The molecule has 2 fully saturated rings. The first-order chi connectivity index (χ1) is 11.8. The highest BCUT2D eigenvalue weighted by Gasteiger charge is 2.29. The van der Waals surface area contributed by atoms with Gasteiger partial charge in [-0.2, -0.15) is 4.98 Å². The molecule has 0 spiro atoms. The van der Waals surface area contributed by atoms with E-state index in [2.05, 4.69) is 44.5 Å². The second-order valence-corrected chi connectivity index (χ2v) is 7.68. The largest absolute Gasteiger partial charge is 0.379 e. The van der Waals surface area contributed by atoms with E-state index in [9.17, 15) is 0 Å². The van der Waals surface area contributed by atoms with Gasteiger partial charge in [0.05, 0.1) is 25.8 Å². The summed E-state index contributed by atoms with van der Waals surface area (Å²) in [7, 11) is 2.13. The third-order valence-corrected chi connectivity index (χ3v) is 5.65. The van der Waals surface area contributed by atoms with Crippen LogP contribution in [0.2, 0.25) is 0 Å². The molecule has 1 aliphatic heterocycles. The Hall–Kier alpha value is -1.28. The maximum absolute atomic E-state index is 5.51. The van der Waals surface area contributed by atoms with Crippen molar-refractivity contribution in [2.24, 2.45) is 0 Å². The van der Waals surface area contributed by atoms with Gasteiger partial charge in [0, 0.05) is 30.4 Å². The van der Waals surface area contributed by atoms with E-state index >= 15 is 0 Å². The molecule has 6 nitrogen and oxygen atoms in total. The summed E-state index contributed by atoms with van der Waals surface area (Å²) >= 11 is 1.83. The molecule has 2 aromatic heterocycles. The van der Waals surface area contributed by atoms with E-state index in [4.69, 9.17) is 9.26 Å². The first-order valence-electron chi connectivity index (χ1n) is 8.66. The normalized spacial score (nSPS) is 20.6. The van der Waals surface area contributed by atoms with Crippen LogP contribution in [0.15, 0.2) is 22.0 Å². The van der Waals surface area contributed by atoms with Gasteiger partial charge in [-0.05, 0) is 31.3 Å². The average Bonchev–Trinajstić information content (AvgIpc) is 3.11. The van der Waals surface area contributed by atoms with Crippen LogP contribution in [0, 0.1) is 0 Å². The van der Waals surface area contributed by atoms with E-state index < -0.39 is 0 Å². The molecule has 2 aromatic rings. The molecule has 2 aliphatic rings. The summed E-state index contributed by atoms with van der Waals surface area (Å²) in [6.07, 6.45) is 2.40. The number of hydrogen-bond acceptors (Lipinski definition) is 7. The van der Waals surface area contributed by atoms with Crippen molar-refractivity contribution in [3.8, 4) is 0 Å². The lowest BCUT2D eigenvalue weighted by Gasteiger charge is -2.35. The van der Waals surface area contributed by atoms with Crippen LogP contribution in [0.3, 0.4) is 0 Å². The Labute approximate surface area is 146 Å². The van der Waals surface area contributed by atoms with Gasteiger partial charge in [0.15, 0.2) is 5.82 Å². The zero-order chi connectivity index (χ0) is 16.4. The number of thiophene rings is 1. The smallest absolute Gasteiger partial charge is 0.240 e. The van der Waals surface area contributed by atoms with Gasteiger partial charge in [0.2, 0.25) is 5.89 Å². The number of aromatic nitrogens is 2. The van der Waals surface area contributed by atoms with Gasteiger partial charge in [-0.3, -0.25) is 9.80 Å². The van der Waals surface area contributed by atoms with E-state index in [-0.39, 0.29) is 0 Å². The van der Waals surface area contributed by atoms with Gasteiger partial charge >= 0.3 is 0 Å². The highest BCUT2D eigenvalue weighted by Crippen LogP contribution is 2.38. The molecule has 1 saturated carbocycles. The maximum Gasteiger partial charge on any atom is 0.240 e. The van der Waals surface area contributed by atoms with Crippen molar-refractivity contribution in [1.82, 2.24) is 19.9 Å². The third-order valence-electron chi connectivity index (χ3n) is 4.67. The second-order valence-electron chi connectivity index (χ2n) is 6.70. The monoisotopic (exact) mass is 348 g/mol. The van der Waals surface area contributed by atoms with E-state index in [1.807, 2.05) is 11.3 Å². The standard InChI is InChI=1S/C17H24N4O2S/c1-20(12-16-18-17(19-23-16)13-4-5-13)11-14(15-3-2-10-24-15)21-6-8-22-9-7-21/h2-3,10,13-14H,4-9,11-12H2,1H3. The maximum atomic E-state index is 5.51. The predicted molar refractivity (Wildman–Crippen MR) is 92.1 cm³/mol. The second kappa shape index (κ2) is 7.31. The fourth-order valence-electron chi connectivity index (χ4n) is 3.19. The van der Waals surface area contributed by atoms with E-state index in [0.29, 0.717) is 18.5 Å². The minimum atomic E-state index is 0.393. The van der Waals surface area contributed by atoms with Crippen molar-refractivity contribution in [1.29, 1.82) is 0 Å². The van der Waals surface area contributed by atoms with Gasteiger partial charge in [-0.15, -0.1) is 11.3 Å². The minimum absolute atomic E-state index is 0.393. The SMILES string of the molecule is CN(Cc1nc(C2CC2)no1)CC(c1cccs1)N1CCOCC1. The summed E-state index contributed by atoms with van der Waals surface area (Å²) in [4.78, 5) is 10.8. The summed E-state index contributed by atoms with van der Waals surface area (Å²) < 4.78 is 10.9. The molecule has 3 heterocycles. The van der Waals surface area contributed by atoms with Gasteiger partial charge in [0.1, 0.15) is 0 Å². The van der Waals surface area contributed by atoms with Crippen LogP contribution in [-0.4, -0.2) is 59.8 Å². The van der Waals surface area contributed by atoms with Gasteiger partial charge in [0.25, 0.3) is 0 Å². The highest BCUT2D eigenvalue weighted by molar-refractivity contribution is 7.10. The Morgan fingerprint density at radius 1 is 1.38 bits per heavy atom. The molecule has 130 valence electrons. The van der Waals surface area contributed by atoms with Crippen LogP contribution in [-0.2, 0) is 11.3 Å². The van der Waals surface area contributed by atoms with Gasteiger partial charge in [-0.25, -0.2) is 0 Å². The molecular formula is C17H24N4O2S. The van der Waals surface area contributed by atoms with E-state index in [1.165, 1.54) is 17.7 Å². The summed E-state index contributed by atoms with van der Waals surface area (Å²) in [6, 6.07) is 4.76. The lowest BCUT2D eigenvalue weighted by Crippen LogP contribution is -2.42. The predicted octanol–water partition coefficient (Wildman–Crippen LogP) is 2.51. The first kappa shape index (κ1) is 16.2. The van der Waals surface area contributed by atoms with Gasteiger partial charge < -0.3 is 9.26 Å². The quantitative estimate of drug-likeness (QED) is 0.766. The summed E-state index contributed by atoms with van der Waals surface area (Å²) in [5.41, 5.74) is 0. The number of ether oxygens (including phenoxy) is 1. The zero-order valence-electron chi connectivity index (χ0n) is 14.1. The molecule has 0 aromatic carbocycles. The Bertz CT molecular complexity index is 635. The molecule has 0 N–H and O–H groups in total. The topological polar surface area (TPSA) is 54.6 Å². The van der Waals surface area contributed by atoms with E-state index in [0.717, 1.165) is 44.6 Å². The lowest BCUT2D eigenvalue weighted by molar-refractivity contribution is 0.00908. The minimum Gasteiger partial charge on any atom is -0.379 e. The molecule has 1 saturated heterocycles. The zero-order valence-corrected chi connectivity index (χ0v) is 14.9. The van der Waals surface area contributed by atoms with Gasteiger partial charge in [-0.1, -0.05) is 11.2 Å². The summed E-state index contributed by atoms with van der Waals surface area (Å²) in [5.74, 6) is 2.16. The fourth-order valence-corrected chi connectivity index (χ4v) is 4.04. The molecule has 1 unspecified atom stereocenters. The number of rotatable bonds is 7.